The number of aryl methyl sites for hydroxylation is 1. The molecule has 0 amide bonds. The maximum absolute atomic E-state index is 11.8. The fourth-order valence-electron chi connectivity index (χ4n) is 1.65. The van der Waals surface area contributed by atoms with E-state index in [0.717, 1.165) is 0 Å². The van der Waals surface area contributed by atoms with Crippen molar-refractivity contribution in [2.75, 3.05) is 0 Å². The molecule has 6 nitrogen and oxygen atoms in total. The lowest BCUT2D eigenvalue weighted by atomic mass is 9.89. The van der Waals surface area contributed by atoms with Crippen LogP contribution in [0, 0.1) is 6.92 Å². The van der Waals surface area contributed by atoms with Gasteiger partial charge in [0.2, 0.25) is 10.0 Å². The van der Waals surface area contributed by atoms with Crippen molar-refractivity contribution in [2.45, 2.75) is 36.7 Å². The van der Waals surface area contributed by atoms with Crippen LogP contribution in [0.2, 0.25) is 0 Å². The van der Waals surface area contributed by atoms with Crippen LogP contribution in [0.5, 0.6) is 0 Å². The highest BCUT2D eigenvalue weighted by atomic mass is 35.5. The van der Waals surface area contributed by atoms with Crippen LogP contribution in [-0.4, -0.2) is 30.7 Å². The fraction of sp³-hybridized carbons (Fsp3) is 0.625. The summed E-state index contributed by atoms with van der Waals surface area (Å²) in [6.45, 7) is 1.67. The Morgan fingerprint density at radius 2 is 2.19 bits per heavy atom. The van der Waals surface area contributed by atoms with E-state index in [4.69, 9.17) is 5.73 Å². The van der Waals surface area contributed by atoms with Gasteiger partial charge in [-0.2, -0.15) is 5.10 Å². The van der Waals surface area contributed by atoms with Gasteiger partial charge in [0.25, 0.3) is 0 Å². The third-order valence-corrected chi connectivity index (χ3v) is 4.20. The van der Waals surface area contributed by atoms with E-state index in [9.17, 15) is 8.42 Å². The number of halogens is 1. The van der Waals surface area contributed by atoms with Gasteiger partial charge in [-0.25, -0.2) is 13.1 Å². The Labute approximate surface area is 100 Å². The minimum atomic E-state index is -3.43. The molecule has 8 heteroatoms. The molecule has 0 bridgehead atoms. The Kier molecular flexibility index (Phi) is 3.95. The number of hydrogen-bond donors (Lipinski definition) is 3. The van der Waals surface area contributed by atoms with Crippen molar-refractivity contribution in [3.8, 4) is 0 Å². The number of H-pyrrole nitrogens is 1. The molecule has 1 aliphatic rings. The number of hydrogen-bond acceptors (Lipinski definition) is 4. The molecular formula is C8H15ClN4O2S. The Hall–Kier alpha value is -0.630. The van der Waals surface area contributed by atoms with E-state index in [1.54, 1.807) is 6.92 Å². The molecule has 0 aromatic carbocycles. The summed E-state index contributed by atoms with van der Waals surface area (Å²) in [4.78, 5) is 0.211. The van der Waals surface area contributed by atoms with E-state index in [1.165, 1.54) is 6.20 Å². The van der Waals surface area contributed by atoms with E-state index in [-0.39, 0.29) is 29.4 Å². The molecule has 1 fully saturated rings. The average molecular weight is 267 g/mol. The number of aromatic nitrogens is 2. The van der Waals surface area contributed by atoms with Crippen molar-refractivity contribution in [1.29, 1.82) is 0 Å². The summed E-state index contributed by atoms with van der Waals surface area (Å²) in [6.07, 6.45) is 2.72. The fourth-order valence-corrected chi connectivity index (χ4v) is 3.05. The zero-order valence-corrected chi connectivity index (χ0v) is 10.4. The molecular weight excluding hydrogens is 252 g/mol. The Balaban J connectivity index is 0.00000128. The maximum atomic E-state index is 11.8. The molecule has 1 aromatic heterocycles. The summed E-state index contributed by atoms with van der Waals surface area (Å²) < 4.78 is 26.2. The van der Waals surface area contributed by atoms with E-state index >= 15 is 0 Å². The third-order valence-electron chi connectivity index (χ3n) is 2.57. The zero-order chi connectivity index (χ0) is 11.1. The number of nitrogens with one attached hydrogen (secondary N) is 2. The summed E-state index contributed by atoms with van der Waals surface area (Å²) in [7, 11) is -3.43. The van der Waals surface area contributed by atoms with Crippen LogP contribution in [0.3, 0.4) is 0 Å². The summed E-state index contributed by atoms with van der Waals surface area (Å²) in [5, 5.41) is 6.28. The van der Waals surface area contributed by atoms with Crippen LogP contribution in [0.1, 0.15) is 18.5 Å². The second kappa shape index (κ2) is 4.70. The van der Waals surface area contributed by atoms with E-state index in [0.29, 0.717) is 18.5 Å². The van der Waals surface area contributed by atoms with Crippen molar-refractivity contribution in [3.63, 3.8) is 0 Å². The molecule has 2 rings (SSSR count). The third kappa shape index (κ3) is 2.54. The Morgan fingerprint density at radius 1 is 1.56 bits per heavy atom. The van der Waals surface area contributed by atoms with Crippen LogP contribution in [0.25, 0.3) is 0 Å². The molecule has 1 heterocycles. The van der Waals surface area contributed by atoms with Crippen LogP contribution < -0.4 is 10.5 Å². The Morgan fingerprint density at radius 3 is 2.62 bits per heavy atom. The summed E-state index contributed by atoms with van der Waals surface area (Å²) in [6, 6.07) is 0.0995. The monoisotopic (exact) mass is 266 g/mol. The summed E-state index contributed by atoms with van der Waals surface area (Å²) in [5.74, 6) is 0. The average Bonchev–Trinajstić information content (AvgIpc) is 2.48. The first kappa shape index (κ1) is 13.4. The standard InChI is InChI=1S/C8H14N4O2S.ClH/c1-5-8(4-10-11-5)15(13,14)12-7-2-6(9)3-7;/h4,6-7,12H,2-3,9H2,1H3,(H,10,11);1H. The van der Waals surface area contributed by atoms with Crippen LogP contribution in [0.15, 0.2) is 11.1 Å². The quantitative estimate of drug-likeness (QED) is 0.712. The predicted molar refractivity (Wildman–Crippen MR) is 61.9 cm³/mol. The van der Waals surface area contributed by atoms with Gasteiger partial charge in [-0.1, -0.05) is 0 Å². The van der Waals surface area contributed by atoms with Gasteiger partial charge in [-0.05, 0) is 19.8 Å². The van der Waals surface area contributed by atoms with Crippen LogP contribution in [0.4, 0.5) is 0 Å². The minimum Gasteiger partial charge on any atom is -0.328 e. The molecule has 0 aliphatic heterocycles. The van der Waals surface area contributed by atoms with Gasteiger partial charge < -0.3 is 5.73 Å². The van der Waals surface area contributed by atoms with Gasteiger partial charge in [0.15, 0.2) is 0 Å². The van der Waals surface area contributed by atoms with Crippen LogP contribution in [-0.2, 0) is 10.0 Å². The van der Waals surface area contributed by atoms with Crippen molar-refractivity contribution in [1.82, 2.24) is 14.9 Å². The maximum Gasteiger partial charge on any atom is 0.244 e. The van der Waals surface area contributed by atoms with Gasteiger partial charge in [-0.3, -0.25) is 5.10 Å². The largest absolute Gasteiger partial charge is 0.328 e. The van der Waals surface area contributed by atoms with Crippen molar-refractivity contribution < 1.29 is 8.42 Å². The number of nitrogens with zero attached hydrogens (tertiary/aromatic N) is 1. The summed E-state index contributed by atoms with van der Waals surface area (Å²) in [5.41, 5.74) is 6.13. The lowest BCUT2D eigenvalue weighted by molar-refractivity contribution is 0.327. The highest BCUT2D eigenvalue weighted by molar-refractivity contribution is 7.89. The predicted octanol–water partition coefficient (Wildman–Crippen LogP) is -0.0921. The first-order valence-electron chi connectivity index (χ1n) is 4.77. The lowest BCUT2D eigenvalue weighted by Crippen LogP contribution is -2.50. The molecule has 0 radical (unpaired) electrons. The number of sulfonamides is 1. The molecule has 1 aliphatic carbocycles. The van der Waals surface area contributed by atoms with Gasteiger partial charge in [0.05, 0.1) is 11.9 Å². The van der Waals surface area contributed by atoms with E-state index < -0.39 is 10.0 Å². The topological polar surface area (TPSA) is 101 Å². The zero-order valence-electron chi connectivity index (χ0n) is 8.80. The molecule has 0 unspecified atom stereocenters. The normalized spacial score (nSPS) is 24.6. The second-order valence-corrected chi connectivity index (χ2v) is 5.59. The lowest BCUT2D eigenvalue weighted by Gasteiger charge is -2.32. The van der Waals surface area contributed by atoms with Gasteiger partial charge >= 0.3 is 0 Å². The molecule has 92 valence electrons. The summed E-state index contributed by atoms with van der Waals surface area (Å²) >= 11 is 0. The molecule has 4 N–H and O–H groups in total. The van der Waals surface area contributed by atoms with Gasteiger partial charge in [0.1, 0.15) is 4.90 Å². The number of nitrogens with two attached hydrogens (primary N) is 1. The van der Waals surface area contributed by atoms with Crippen molar-refractivity contribution >= 4 is 22.4 Å². The molecule has 16 heavy (non-hydrogen) atoms. The highest BCUT2D eigenvalue weighted by Crippen LogP contribution is 2.20. The van der Waals surface area contributed by atoms with Gasteiger partial charge in [0, 0.05) is 12.1 Å². The first-order chi connectivity index (χ1) is 6.99. The molecule has 1 saturated carbocycles. The first-order valence-corrected chi connectivity index (χ1v) is 6.25. The Bertz CT molecular complexity index is 452. The van der Waals surface area contributed by atoms with Gasteiger partial charge in [-0.15, -0.1) is 12.4 Å². The van der Waals surface area contributed by atoms with Crippen molar-refractivity contribution in [3.05, 3.63) is 11.9 Å². The molecule has 0 atom stereocenters. The molecule has 0 spiro atoms. The second-order valence-electron chi connectivity index (χ2n) is 3.91. The van der Waals surface area contributed by atoms with E-state index in [2.05, 4.69) is 14.9 Å². The smallest absolute Gasteiger partial charge is 0.244 e. The molecule has 1 aromatic rings. The number of rotatable bonds is 3. The van der Waals surface area contributed by atoms with E-state index in [1.807, 2.05) is 0 Å². The van der Waals surface area contributed by atoms with Crippen molar-refractivity contribution in [2.24, 2.45) is 5.73 Å². The van der Waals surface area contributed by atoms with Crippen LogP contribution >= 0.6 is 12.4 Å². The highest BCUT2D eigenvalue weighted by Gasteiger charge is 2.31. The molecule has 0 saturated heterocycles. The SMILES string of the molecule is Cc1[nH]ncc1S(=O)(=O)NC1CC(N)C1.Cl. The minimum absolute atomic E-state index is 0. The number of aromatic amines is 1.